The van der Waals surface area contributed by atoms with Crippen LogP contribution in [-0.4, -0.2) is 26.7 Å². The Labute approximate surface area is 95.3 Å². The molecule has 0 saturated carbocycles. The summed E-state index contributed by atoms with van der Waals surface area (Å²) in [6, 6.07) is 6.41. The Morgan fingerprint density at radius 1 is 1.38 bits per heavy atom. The summed E-state index contributed by atoms with van der Waals surface area (Å²) in [5.41, 5.74) is 0.945. The number of primary sulfonamides is 1. The van der Waals surface area contributed by atoms with Crippen LogP contribution in [0, 0.1) is 0 Å². The van der Waals surface area contributed by atoms with Crippen LogP contribution < -0.4 is 10.5 Å². The van der Waals surface area contributed by atoms with Gasteiger partial charge in [0.05, 0.1) is 11.5 Å². The van der Waals surface area contributed by atoms with Crippen molar-refractivity contribution < 1.29 is 13.5 Å². The van der Waals surface area contributed by atoms with Crippen LogP contribution in [0.15, 0.2) is 29.2 Å². The molecule has 0 fully saturated rings. The lowest BCUT2D eigenvalue weighted by Crippen LogP contribution is -2.22. The predicted octanol–water partition coefficient (Wildman–Crippen LogP) is -0.0231. The molecule has 1 aromatic carbocycles. The normalized spacial score (nSPS) is 13.7. The van der Waals surface area contributed by atoms with Gasteiger partial charge in [0.15, 0.2) is 0 Å². The summed E-state index contributed by atoms with van der Waals surface area (Å²) < 4.78 is 22.0. The van der Waals surface area contributed by atoms with Crippen molar-refractivity contribution in [2.45, 2.75) is 17.9 Å². The highest BCUT2D eigenvalue weighted by molar-refractivity contribution is 7.89. The summed E-state index contributed by atoms with van der Waals surface area (Å²) in [5.74, 6) is 0. The number of rotatable bonds is 5. The van der Waals surface area contributed by atoms with Crippen LogP contribution in [0.3, 0.4) is 0 Å². The average Bonchev–Trinajstić information content (AvgIpc) is 2.25. The second-order valence-electron chi connectivity index (χ2n) is 3.51. The lowest BCUT2D eigenvalue weighted by molar-refractivity contribution is 0.286. The van der Waals surface area contributed by atoms with Crippen LogP contribution >= 0.6 is 0 Å². The molecule has 16 heavy (non-hydrogen) atoms. The monoisotopic (exact) mass is 244 g/mol. The molecule has 0 aliphatic carbocycles. The van der Waals surface area contributed by atoms with Crippen LogP contribution in [0.25, 0.3) is 0 Å². The fourth-order valence-corrected chi connectivity index (χ4v) is 1.86. The van der Waals surface area contributed by atoms with Gasteiger partial charge in [0.2, 0.25) is 10.0 Å². The third kappa shape index (κ3) is 3.57. The lowest BCUT2D eigenvalue weighted by Gasteiger charge is -2.13. The van der Waals surface area contributed by atoms with Gasteiger partial charge in [-0.15, -0.1) is 0 Å². The Morgan fingerprint density at radius 2 is 1.94 bits per heavy atom. The highest BCUT2D eigenvalue weighted by Crippen LogP contribution is 2.14. The second kappa shape index (κ2) is 5.40. The van der Waals surface area contributed by atoms with E-state index < -0.39 is 10.0 Å². The molecule has 0 heterocycles. The minimum Gasteiger partial charge on any atom is -0.395 e. The summed E-state index contributed by atoms with van der Waals surface area (Å²) in [7, 11) is -3.62. The van der Waals surface area contributed by atoms with E-state index in [1.807, 2.05) is 6.92 Å². The van der Waals surface area contributed by atoms with Crippen molar-refractivity contribution in [1.82, 2.24) is 5.32 Å². The van der Waals surface area contributed by atoms with E-state index in [1.165, 1.54) is 12.1 Å². The van der Waals surface area contributed by atoms with E-state index in [4.69, 9.17) is 10.2 Å². The van der Waals surface area contributed by atoms with E-state index in [-0.39, 0.29) is 17.5 Å². The third-order valence-electron chi connectivity index (χ3n) is 2.27. The van der Waals surface area contributed by atoms with E-state index in [1.54, 1.807) is 12.1 Å². The van der Waals surface area contributed by atoms with Crippen molar-refractivity contribution >= 4 is 10.0 Å². The summed E-state index contributed by atoms with van der Waals surface area (Å²) in [4.78, 5) is 0.102. The zero-order chi connectivity index (χ0) is 12.2. The fraction of sp³-hybridized carbons (Fsp3) is 0.400. The Morgan fingerprint density at radius 3 is 2.38 bits per heavy atom. The van der Waals surface area contributed by atoms with Crippen LogP contribution in [0.1, 0.15) is 18.5 Å². The number of aliphatic hydroxyl groups is 1. The van der Waals surface area contributed by atoms with Gasteiger partial charge >= 0.3 is 0 Å². The summed E-state index contributed by atoms with van der Waals surface area (Å²) >= 11 is 0. The van der Waals surface area contributed by atoms with Crippen LogP contribution in [0.2, 0.25) is 0 Å². The standard InChI is InChI=1S/C10H16N2O3S/c1-8(12-6-7-13)9-2-4-10(5-3-9)16(11,14)15/h2-5,8,12-13H,6-7H2,1H3,(H2,11,14,15). The maximum atomic E-state index is 11.0. The quantitative estimate of drug-likeness (QED) is 0.678. The topological polar surface area (TPSA) is 92.4 Å². The minimum atomic E-state index is -3.62. The summed E-state index contributed by atoms with van der Waals surface area (Å²) in [6.07, 6.45) is 0. The first kappa shape index (κ1) is 13.1. The number of nitrogens with two attached hydrogens (primary N) is 1. The van der Waals surface area contributed by atoms with Crippen molar-refractivity contribution in [3.05, 3.63) is 29.8 Å². The van der Waals surface area contributed by atoms with Gasteiger partial charge in [0.1, 0.15) is 0 Å². The number of hydrogen-bond donors (Lipinski definition) is 3. The highest BCUT2D eigenvalue weighted by atomic mass is 32.2. The second-order valence-corrected chi connectivity index (χ2v) is 5.07. The van der Waals surface area contributed by atoms with Gasteiger partial charge < -0.3 is 10.4 Å². The SMILES string of the molecule is CC(NCCO)c1ccc(S(N)(=O)=O)cc1. The van der Waals surface area contributed by atoms with E-state index in [0.29, 0.717) is 6.54 Å². The van der Waals surface area contributed by atoms with Gasteiger partial charge in [-0.3, -0.25) is 0 Å². The number of benzene rings is 1. The molecule has 0 saturated heterocycles. The zero-order valence-corrected chi connectivity index (χ0v) is 9.87. The summed E-state index contributed by atoms with van der Waals surface area (Å²) in [6.45, 7) is 2.50. The number of aliphatic hydroxyl groups excluding tert-OH is 1. The highest BCUT2D eigenvalue weighted by Gasteiger charge is 2.09. The van der Waals surface area contributed by atoms with Crippen LogP contribution in [0.5, 0.6) is 0 Å². The zero-order valence-electron chi connectivity index (χ0n) is 9.05. The maximum Gasteiger partial charge on any atom is 0.238 e. The molecule has 4 N–H and O–H groups in total. The van der Waals surface area contributed by atoms with Crippen LogP contribution in [0.4, 0.5) is 0 Å². The smallest absolute Gasteiger partial charge is 0.238 e. The maximum absolute atomic E-state index is 11.0. The molecule has 0 radical (unpaired) electrons. The third-order valence-corrected chi connectivity index (χ3v) is 3.20. The predicted molar refractivity (Wildman–Crippen MR) is 61.3 cm³/mol. The first-order valence-corrected chi connectivity index (χ1v) is 6.47. The Balaban J connectivity index is 2.79. The first-order chi connectivity index (χ1) is 7.45. The number of nitrogens with one attached hydrogen (secondary N) is 1. The van der Waals surface area contributed by atoms with E-state index in [0.717, 1.165) is 5.56 Å². The molecule has 1 aromatic rings. The Bertz CT molecular complexity index is 428. The van der Waals surface area contributed by atoms with Crippen molar-refractivity contribution in [3.8, 4) is 0 Å². The van der Waals surface area contributed by atoms with Crippen molar-refractivity contribution in [1.29, 1.82) is 0 Å². The number of sulfonamides is 1. The van der Waals surface area contributed by atoms with Gasteiger partial charge in [0, 0.05) is 12.6 Å². The van der Waals surface area contributed by atoms with Crippen LogP contribution in [-0.2, 0) is 10.0 Å². The molecule has 1 atom stereocenters. The van der Waals surface area contributed by atoms with Gasteiger partial charge in [-0.25, -0.2) is 13.6 Å². The van der Waals surface area contributed by atoms with Gasteiger partial charge in [-0.05, 0) is 24.6 Å². The van der Waals surface area contributed by atoms with E-state index in [9.17, 15) is 8.42 Å². The molecule has 6 heteroatoms. The fourth-order valence-electron chi connectivity index (χ4n) is 1.35. The molecule has 5 nitrogen and oxygen atoms in total. The van der Waals surface area contributed by atoms with E-state index >= 15 is 0 Å². The van der Waals surface area contributed by atoms with Gasteiger partial charge in [-0.2, -0.15) is 0 Å². The average molecular weight is 244 g/mol. The molecule has 0 aromatic heterocycles. The molecular formula is C10H16N2O3S. The lowest BCUT2D eigenvalue weighted by atomic mass is 10.1. The molecule has 0 spiro atoms. The Hall–Kier alpha value is -0.950. The van der Waals surface area contributed by atoms with Crippen molar-refractivity contribution in [3.63, 3.8) is 0 Å². The number of hydrogen-bond acceptors (Lipinski definition) is 4. The molecule has 0 amide bonds. The molecule has 1 unspecified atom stereocenters. The van der Waals surface area contributed by atoms with Gasteiger partial charge in [0.25, 0.3) is 0 Å². The van der Waals surface area contributed by atoms with Crippen molar-refractivity contribution in [2.75, 3.05) is 13.2 Å². The van der Waals surface area contributed by atoms with Crippen molar-refractivity contribution in [2.24, 2.45) is 5.14 Å². The molecule has 0 aliphatic heterocycles. The molecule has 1 rings (SSSR count). The minimum absolute atomic E-state index is 0.0571. The largest absolute Gasteiger partial charge is 0.395 e. The summed E-state index contributed by atoms with van der Waals surface area (Å²) in [5, 5.41) is 16.7. The molecule has 0 bridgehead atoms. The molecular weight excluding hydrogens is 228 g/mol. The molecule has 90 valence electrons. The van der Waals surface area contributed by atoms with E-state index in [2.05, 4.69) is 5.32 Å². The molecule has 0 aliphatic rings. The Kier molecular flexibility index (Phi) is 4.43. The van der Waals surface area contributed by atoms with Gasteiger partial charge in [-0.1, -0.05) is 12.1 Å². The first-order valence-electron chi connectivity index (χ1n) is 4.92.